The molecule has 1 aliphatic rings. The van der Waals surface area contributed by atoms with Gasteiger partial charge in [-0.3, -0.25) is 0 Å². The smallest absolute Gasteiger partial charge is 0.0407 e. The normalized spacial score (nSPS) is 26.8. The molecule has 1 fully saturated rings. The second-order valence-electron chi connectivity index (χ2n) is 3.47. The summed E-state index contributed by atoms with van der Waals surface area (Å²) in [6.07, 6.45) is 1.29. The highest BCUT2D eigenvalue weighted by Crippen LogP contribution is 2.32. The van der Waals surface area contributed by atoms with Gasteiger partial charge in [0.2, 0.25) is 0 Å². The van der Waals surface area contributed by atoms with Crippen LogP contribution in [-0.2, 0) is 0 Å². The Hall–Kier alpha value is -0.690. The van der Waals surface area contributed by atoms with Crippen LogP contribution in [0.5, 0.6) is 0 Å². The summed E-state index contributed by atoms with van der Waals surface area (Å²) >= 11 is 5.76. The molecule has 2 heteroatoms. The molecule has 0 spiro atoms. The highest BCUT2D eigenvalue weighted by molar-refractivity contribution is 6.30. The molecule has 1 nitrogen and oxygen atoms in total. The van der Waals surface area contributed by atoms with E-state index in [-0.39, 0.29) is 0 Å². The minimum atomic E-state index is 0.686. The Morgan fingerprint density at radius 2 is 1.92 bits per heavy atom. The summed E-state index contributed by atoms with van der Waals surface area (Å²) < 4.78 is 0. The molecular weight excluding hydrogens is 170 g/mol. The van der Waals surface area contributed by atoms with Crippen molar-refractivity contribution in [2.45, 2.75) is 19.4 Å². The molecule has 0 aromatic heterocycles. The standard InChI is InChI=1S/C10H12ClN/c1-7-6-10(7)12-9-4-2-8(11)3-5-9/h2-5,7,10,12H,6H2,1H3/t7-,10+/m0/s1. The Kier molecular flexibility index (Phi) is 1.97. The Balaban J connectivity index is 2.00. The first-order valence-electron chi connectivity index (χ1n) is 4.28. The molecule has 0 unspecified atom stereocenters. The summed E-state index contributed by atoms with van der Waals surface area (Å²) in [5.74, 6) is 0.834. The summed E-state index contributed by atoms with van der Waals surface area (Å²) in [7, 11) is 0. The summed E-state index contributed by atoms with van der Waals surface area (Å²) in [4.78, 5) is 0. The maximum absolute atomic E-state index is 5.76. The van der Waals surface area contributed by atoms with E-state index in [9.17, 15) is 0 Å². The molecule has 0 radical (unpaired) electrons. The van der Waals surface area contributed by atoms with Crippen LogP contribution in [0.4, 0.5) is 5.69 Å². The van der Waals surface area contributed by atoms with Crippen molar-refractivity contribution >= 4 is 17.3 Å². The lowest BCUT2D eigenvalue weighted by atomic mass is 10.3. The van der Waals surface area contributed by atoms with Crippen LogP contribution in [0.3, 0.4) is 0 Å². The summed E-state index contributed by atoms with van der Waals surface area (Å²) in [6, 6.07) is 8.56. The van der Waals surface area contributed by atoms with Crippen molar-refractivity contribution in [3.05, 3.63) is 29.3 Å². The first-order chi connectivity index (χ1) is 5.75. The second-order valence-corrected chi connectivity index (χ2v) is 3.91. The average molecular weight is 182 g/mol. The van der Waals surface area contributed by atoms with Crippen LogP contribution in [0.2, 0.25) is 5.02 Å². The third-order valence-corrected chi connectivity index (χ3v) is 2.56. The quantitative estimate of drug-likeness (QED) is 0.739. The number of hydrogen-bond donors (Lipinski definition) is 1. The van der Waals surface area contributed by atoms with Gasteiger partial charge in [0.25, 0.3) is 0 Å². The highest BCUT2D eigenvalue weighted by Gasteiger charge is 2.32. The molecule has 0 heterocycles. The van der Waals surface area contributed by atoms with Gasteiger partial charge in [0.15, 0.2) is 0 Å². The molecule has 0 amide bonds. The summed E-state index contributed by atoms with van der Waals surface area (Å²) in [5, 5.41) is 4.23. The van der Waals surface area contributed by atoms with Gasteiger partial charge in [-0.15, -0.1) is 0 Å². The molecule has 0 bridgehead atoms. The zero-order valence-electron chi connectivity index (χ0n) is 7.05. The van der Waals surface area contributed by atoms with Crippen LogP contribution in [0, 0.1) is 5.92 Å². The van der Waals surface area contributed by atoms with E-state index in [1.165, 1.54) is 12.1 Å². The molecule has 0 aliphatic heterocycles. The lowest BCUT2D eigenvalue weighted by Gasteiger charge is -2.03. The molecule has 1 aromatic carbocycles. The predicted molar refractivity (Wildman–Crippen MR) is 52.6 cm³/mol. The number of anilines is 1. The fourth-order valence-electron chi connectivity index (χ4n) is 1.28. The first-order valence-corrected chi connectivity index (χ1v) is 4.65. The fourth-order valence-corrected chi connectivity index (χ4v) is 1.41. The molecule has 1 saturated carbocycles. The monoisotopic (exact) mass is 181 g/mol. The topological polar surface area (TPSA) is 12.0 Å². The van der Waals surface area contributed by atoms with Crippen molar-refractivity contribution in [1.29, 1.82) is 0 Å². The molecule has 1 aromatic rings. The van der Waals surface area contributed by atoms with Crippen LogP contribution < -0.4 is 5.32 Å². The van der Waals surface area contributed by atoms with Gasteiger partial charge in [-0.25, -0.2) is 0 Å². The minimum absolute atomic E-state index is 0.686. The largest absolute Gasteiger partial charge is 0.382 e. The van der Waals surface area contributed by atoms with E-state index in [0.717, 1.165) is 10.9 Å². The van der Waals surface area contributed by atoms with Crippen molar-refractivity contribution in [1.82, 2.24) is 0 Å². The third kappa shape index (κ3) is 1.72. The van der Waals surface area contributed by atoms with Crippen LogP contribution >= 0.6 is 11.6 Å². The molecule has 64 valence electrons. The lowest BCUT2D eigenvalue weighted by Crippen LogP contribution is -2.02. The van der Waals surface area contributed by atoms with Gasteiger partial charge in [-0.2, -0.15) is 0 Å². The predicted octanol–water partition coefficient (Wildman–Crippen LogP) is 3.16. The maximum Gasteiger partial charge on any atom is 0.0407 e. The van der Waals surface area contributed by atoms with Crippen LogP contribution in [-0.4, -0.2) is 6.04 Å². The van der Waals surface area contributed by atoms with E-state index in [0.29, 0.717) is 6.04 Å². The first kappa shape index (κ1) is 7.93. The van der Waals surface area contributed by atoms with E-state index < -0.39 is 0 Å². The van der Waals surface area contributed by atoms with Crippen molar-refractivity contribution in [3.63, 3.8) is 0 Å². The lowest BCUT2D eigenvalue weighted by molar-refractivity contribution is 0.929. The summed E-state index contributed by atoms with van der Waals surface area (Å²) in [5.41, 5.74) is 1.17. The minimum Gasteiger partial charge on any atom is -0.382 e. The molecule has 12 heavy (non-hydrogen) atoms. The van der Waals surface area contributed by atoms with E-state index in [4.69, 9.17) is 11.6 Å². The SMILES string of the molecule is C[C@H]1C[C@H]1Nc1ccc(Cl)cc1. The van der Waals surface area contributed by atoms with Crippen molar-refractivity contribution < 1.29 is 0 Å². The van der Waals surface area contributed by atoms with Gasteiger partial charge in [0.05, 0.1) is 0 Å². The molecule has 2 rings (SSSR count). The number of nitrogens with one attached hydrogen (secondary N) is 1. The maximum atomic E-state index is 5.76. The van der Waals surface area contributed by atoms with Gasteiger partial charge in [-0.05, 0) is 36.6 Å². The zero-order chi connectivity index (χ0) is 8.55. The van der Waals surface area contributed by atoms with E-state index in [1.807, 2.05) is 24.3 Å². The molecular formula is C10H12ClN. The zero-order valence-corrected chi connectivity index (χ0v) is 7.81. The van der Waals surface area contributed by atoms with E-state index >= 15 is 0 Å². The number of hydrogen-bond acceptors (Lipinski definition) is 1. The van der Waals surface area contributed by atoms with Gasteiger partial charge in [0.1, 0.15) is 0 Å². The highest BCUT2D eigenvalue weighted by atomic mass is 35.5. The molecule has 1 N–H and O–H groups in total. The fraction of sp³-hybridized carbons (Fsp3) is 0.400. The Morgan fingerprint density at radius 1 is 1.33 bits per heavy atom. The Labute approximate surface area is 77.7 Å². The van der Waals surface area contributed by atoms with Gasteiger partial charge >= 0.3 is 0 Å². The van der Waals surface area contributed by atoms with E-state index in [2.05, 4.69) is 12.2 Å². The van der Waals surface area contributed by atoms with Gasteiger partial charge in [-0.1, -0.05) is 18.5 Å². The Bertz CT molecular complexity index is 268. The van der Waals surface area contributed by atoms with Gasteiger partial charge < -0.3 is 5.32 Å². The number of rotatable bonds is 2. The van der Waals surface area contributed by atoms with Crippen molar-refractivity contribution in [3.8, 4) is 0 Å². The number of benzene rings is 1. The van der Waals surface area contributed by atoms with Crippen LogP contribution in [0.1, 0.15) is 13.3 Å². The van der Waals surface area contributed by atoms with Crippen LogP contribution in [0.15, 0.2) is 24.3 Å². The summed E-state index contributed by atoms with van der Waals surface area (Å²) in [6.45, 7) is 2.26. The van der Waals surface area contributed by atoms with Crippen LogP contribution in [0.25, 0.3) is 0 Å². The van der Waals surface area contributed by atoms with E-state index in [1.54, 1.807) is 0 Å². The third-order valence-electron chi connectivity index (χ3n) is 2.31. The van der Waals surface area contributed by atoms with Crippen molar-refractivity contribution in [2.75, 3.05) is 5.32 Å². The molecule has 0 saturated heterocycles. The van der Waals surface area contributed by atoms with Gasteiger partial charge in [0, 0.05) is 16.8 Å². The average Bonchev–Trinajstić information content (AvgIpc) is 2.72. The molecule has 2 atom stereocenters. The second kappa shape index (κ2) is 2.98. The molecule has 1 aliphatic carbocycles. The number of halogens is 1. The Morgan fingerprint density at radius 3 is 2.42 bits per heavy atom. The van der Waals surface area contributed by atoms with Crippen molar-refractivity contribution in [2.24, 2.45) is 5.92 Å².